The Bertz CT molecular complexity index is 529. The van der Waals surface area contributed by atoms with Gasteiger partial charge in [0.25, 0.3) is 0 Å². The molecule has 5 nitrogen and oxygen atoms in total. The number of ether oxygens (including phenoxy) is 1. The van der Waals surface area contributed by atoms with E-state index in [4.69, 9.17) is 10.5 Å². The van der Waals surface area contributed by atoms with Crippen LogP contribution < -0.4 is 11.1 Å². The van der Waals surface area contributed by atoms with E-state index in [1.54, 1.807) is 0 Å². The number of anilines is 2. The second-order valence-corrected chi connectivity index (χ2v) is 4.15. The summed E-state index contributed by atoms with van der Waals surface area (Å²) in [5.41, 5.74) is 7.28. The molecular weight excluding hydrogens is 228 g/mol. The van der Waals surface area contributed by atoms with Crippen molar-refractivity contribution >= 4 is 22.4 Å². The van der Waals surface area contributed by atoms with Crippen LogP contribution >= 0.6 is 0 Å². The summed E-state index contributed by atoms with van der Waals surface area (Å²) in [7, 11) is 0. The molecule has 96 valence electrons. The molecule has 0 saturated heterocycles. The Hall–Kier alpha value is -1.88. The van der Waals surface area contributed by atoms with Gasteiger partial charge in [-0.2, -0.15) is 0 Å². The number of nitrogens with two attached hydrogens (primary N) is 1. The van der Waals surface area contributed by atoms with Crippen molar-refractivity contribution in [1.29, 1.82) is 0 Å². The van der Waals surface area contributed by atoms with Crippen LogP contribution in [-0.4, -0.2) is 29.2 Å². The van der Waals surface area contributed by atoms with Gasteiger partial charge in [-0.1, -0.05) is 0 Å². The van der Waals surface area contributed by atoms with Crippen molar-refractivity contribution < 1.29 is 4.74 Å². The Kier molecular flexibility index (Phi) is 3.94. The van der Waals surface area contributed by atoms with Gasteiger partial charge in [-0.3, -0.25) is 0 Å². The Morgan fingerprint density at radius 3 is 3.00 bits per heavy atom. The zero-order valence-electron chi connectivity index (χ0n) is 10.7. The molecule has 0 radical (unpaired) electrons. The Morgan fingerprint density at radius 1 is 1.39 bits per heavy atom. The quantitative estimate of drug-likeness (QED) is 0.790. The normalized spacial score (nSPS) is 12.6. The van der Waals surface area contributed by atoms with Crippen molar-refractivity contribution in [3.05, 3.63) is 24.5 Å². The molecule has 3 N–H and O–H groups in total. The molecule has 0 fully saturated rings. The number of hydrogen-bond donors (Lipinski definition) is 2. The average Bonchev–Trinajstić information content (AvgIpc) is 2.36. The standard InChI is InChI=1S/C13H18N4O/c1-3-18-9(2)7-15-13-11-5-4-10(14)6-12(11)16-8-17-13/h4-6,8-9H,3,7,14H2,1-2H3,(H,15,16,17). The van der Waals surface area contributed by atoms with Crippen molar-refractivity contribution in [3.63, 3.8) is 0 Å². The Balaban J connectivity index is 2.18. The molecule has 5 heteroatoms. The number of nitrogens with one attached hydrogen (secondary N) is 1. The lowest BCUT2D eigenvalue weighted by molar-refractivity contribution is 0.0855. The van der Waals surface area contributed by atoms with Crippen LogP contribution in [0.15, 0.2) is 24.5 Å². The maximum absolute atomic E-state index is 5.73. The van der Waals surface area contributed by atoms with E-state index in [9.17, 15) is 0 Å². The van der Waals surface area contributed by atoms with Crippen LogP contribution in [0.3, 0.4) is 0 Å². The predicted octanol–water partition coefficient (Wildman–Crippen LogP) is 2.05. The Labute approximate surface area is 106 Å². The van der Waals surface area contributed by atoms with Crippen LogP contribution in [0.1, 0.15) is 13.8 Å². The van der Waals surface area contributed by atoms with Crippen molar-refractivity contribution in [3.8, 4) is 0 Å². The van der Waals surface area contributed by atoms with Crippen LogP contribution in [0, 0.1) is 0 Å². The van der Waals surface area contributed by atoms with Gasteiger partial charge < -0.3 is 15.8 Å². The molecule has 1 heterocycles. The minimum atomic E-state index is 0.147. The molecule has 0 aliphatic heterocycles. The predicted molar refractivity (Wildman–Crippen MR) is 73.5 cm³/mol. The summed E-state index contributed by atoms with van der Waals surface area (Å²) in [5.74, 6) is 0.812. The van der Waals surface area contributed by atoms with Crippen LogP contribution in [0.25, 0.3) is 10.9 Å². The molecule has 0 saturated carbocycles. The third-order valence-corrected chi connectivity index (χ3v) is 2.67. The van der Waals surface area contributed by atoms with E-state index < -0.39 is 0 Å². The second kappa shape index (κ2) is 5.64. The first-order chi connectivity index (χ1) is 8.70. The largest absolute Gasteiger partial charge is 0.399 e. The molecule has 1 aromatic carbocycles. The molecule has 2 rings (SSSR count). The van der Waals surface area contributed by atoms with Gasteiger partial charge in [-0.05, 0) is 32.0 Å². The van der Waals surface area contributed by atoms with E-state index in [0.29, 0.717) is 18.8 Å². The number of aromatic nitrogens is 2. The summed E-state index contributed by atoms with van der Waals surface area (Å²) in [6, 6.07) is 5.62. The molecule has 2 aromatic rings. The summed E-state index contributed by atoms with van der Waals surface area (Å²) in [6.45, 7) is 5.44. The fourth-order valence-corrected chi connectivity index (χ4v) is 1.80. The van der Waals surface area contributed by atoms with Gasteiger partial charge in [0.05, 0.1) is 11.6 Å². The second-order valence-electron chi connectivity index (χ2n) is 4.15. The first-order valence-corrected chi connectivity index (χ1v) is 6.06. The lowest BCUT2D eigenvalue weighted by Gasteiger charge is -2.14. The van der Waals surface area contributed by atoms with Gasteiger partial charge in [0.1, 0.15) is 12.1 Å². The zero-order valence-corrected chi connectivity index (χ0v) is 10.7. The van der Waals surface area contributed by atoms with Gasteiger partial charge in [0.2, 0.25) is 0 Å². The van der Waals surface area contributed by atoms with Crippen molar-refractivity contribution in [2.45, 2.75) is 20.0 Å². The highest BCUT2D eigenvalue weighted by atomic mass is 16.5. The fourth-order valence-electron chi connectivity index (χ4n) is 1.80. The lowest BCUT2D eigenvalue weighted by Crippen LogP contribution is -2.20. The highest BCUT2D eigenvalue weighted by molar-refractivity contribution is 5.90. The monoisotopic (exact) mass is 246 g/mol. The number of nitrogen functional groups attached to an aromatic ring is 1. The average molecular weight is 246 g/mol. The molecule has 1 unspecified atom stereocenters. The van der Waals surface area contributed by atoms with Gasteiger partial charge in [0.15, 0.2) is 0 Å². The molecule has 0 bridgehead atoms. The molecule has 1 atom stereocenters. The maximum Gasteiger partial charge on any atom is 0.137 e. The minimum Gasteiger partial charge on any atom is -0.399 e. The summed E-state index contributed by atoms with van der Waals surface area (Å²) in [6.07, 6.45) is 1.68. The van der Waals surface area contributed by atoms with Crippen LogP contribution in [0.4, 0.5) is 11.5 Å². The molecular formula is C13H18N4O. The van der Waals surface area contributed by atoms with Gasteiger partial charge in [-0.25, -0.2) is 9.97 Å². The molecule has 0 spiro atoms. The summed E-state index contributed by atoms with van der Waals surface area (Å²) in [4.78, 5) is 8.45. The van der Waals surface area contributed by atoms with Crippen molar-refractivity contribution in [2.24, 2.45) is 0 Å². The third kappa shape index (κ3) is 2.87. The van der Waals surface area contributed by atoms with Crippen molar-refractivity contribution in [1.82, 2.24) is 9.97 Å². The SMILES string of the molecule is CCOC(C)CNc1ncnc2cc(N)ccc12. The van der Waals surface area contributed by atoms with E-state index in [-0.39, 0.29) is 6.10 Å². The minimum absolute atomic E-state index is 0.147. The van der Waals surface area contributed by atoms with E-state index in [1.165, 1.54) is 6.33 Å². The number of hydrogen-bond acceptors (Lipinski definition) is 5. The van der Waals surface area contributed by atoms with E-state index >= 15 is 0 Å². The fraction of sp³-hybridized carbons (Fsp3) is 0.385. The van der Waals surface area contributed by atoms with Gasteiger partial charge in [-0.15, -0.1) is 0 Å². The van der Waals surface area contributed by atoms with E-state index in [0.717, 1.165) is 16.7 Å². The maximum atomic E-state index is 5.73. The van der Waals surface area contributed by atoms with Crippen LogP contribution in [-0.2, 0) is 4.74 Å². The van der Waals surface area contributed by atoms with Crippen molar-refractivity contribution in [2.75, 3.05) is 24.2 Å². The van der Waals surface area contributed by atoms with Crippen LogP contribution in [0.2, 0.25) is 0 Å². The topological polar surface area (TPSA) is 73.1 Å². The molecule has 18 heavy (non-hydrogen) atoms. The smallest absolute Gasteiger partial charge is 0.137 e. The summed E-state index contributed by atoms with van der Waals surface area (Å²) >= 11 is 0. The molecule has 0 amide bonds. The molecule has 0 aliphatic rings. The number of benzene rings is 1. The number of nitrogens with zero attached hydrogens (tertiary/aromatic N) is 2. The van der Waals surface area contributed by atoms with Crippen LogP contribution in [0.5, 0.6) is 0 Å². The highest BCUT2D eigenvalue weighted by Gasteiger charge is 2.05. The molecule has 1 aromatic heterocycles. The third-order valence-electron chi connectivity index (χ3n) is 2.67. The Morgan fingerprint density at radius 2 is 2.22 bits per heavy atom. The van der Waals surface area contributed by atoms with Gasteiger partial charge >= 0.3 is 0 Å². The summed E-state index contributed by atoms with van der Waals surface area (Å²) in [5, 5.41) is 4.24. The van der Waals surface area contributed by atoms with Gasteiger partial charge in [0, 0.05) is 24.2 Å². The number of rotatable bonds is 5. The lowest BCUT2D eigenvalue weighted by atomic mass is 10.2. The first kappa shape index (κ1) is 12.6. The number of fused-ring (bicyclic) bond motifs is 1. The summed E-state index contributed by atoms with van der Waals surface area (Å²) < 4.78 is 5.47. The molecule has 0 aliphatic carbocycles. The highest BCUT2D eigenvalue weighted by Crippen LogP contribution is 2.21. The van der Waals surface area contributed by atoms with E-state index in [2.05, 4.69) is 15.3 Å². The zero-order chi connectivity index (χ0) is 13.0. The van der Waals surface area contributed by atoms with E-state index in [1.807, 2.05) is 32.0 Å². The first-order valence-electron chi connectivity index (χ1n) is 6.06.